The van der Waals surface area contributed by atoms with Crippen LogP contribution in [0.2, 0.25) is 0 Å². The average Bonchev–Trinajstić information content (AvgIpc) is 3.13. The second-order valence-corrected chi connectivity index (χ2v) is 5.30. The smallest absolute Gasteiger partial charge is 0.371 e. The zero-order valence-corrected chi connectivity index (χ0v) is 13.2. The molecule has 0 unspecified atom stereocenters. The standard InChI is InChI=1S/C18H12N2O6/c21-17(12-3-7-14(8-4-12)20(24)25)19-13-5-1-11(2-6-13)15-9-10-16(26-15)18(22)23/h1-10H,(H,19,21)(H,22,23). The molecule has 2 N–H and O–H groups in total. The van der Waals surface area contributed by atoms with E-state index in [2.05, 4.69) is 5.32 Å². The molecule has 2 aromatic carbocycles. The first-order valence-corrected chi connectivity index (χ1v) is 7.43. The number of hydrogen-bond donors (Lipinski definition) is 2. The Balaban J connectivity index is 1.71. The van der Waals surface area contributed by atoms with Crippen molar-refractivity contribution < 1.29 is 24.0 Å². The van der Waals surface area contributed by atoms with E-state index < -0.39 is 16.8 Å². The number of nitrogens with zero attached hydrogens (tertiary/aromatic N) is 1. The van der Waals surface area contributed by atoms with E-state index in [1.54, 1.807) is 30.3 Å². The molecule has 0 radical (unpaired) electrons. The molecule has 0 aliphatic rings. The van der Waals surface area contributed by atoms with Crippen LogP contribution in [-0.2, 0) is 0 Å². The van der Waals surface area contributed by atoms with Crippen molar-refractivity contribution in [1.82, 2.24) is 0 Å². The fourth-order valence-corrected chi connectivity index (χ4v) is 2.26. The van der Waals surface area contributed by atoms with Crippen LogP contribution < -0.4 is 5.32 Å². The summed E-state index contributed by atoms with van der Waals surface area (Å²) in [4.78, 5) is 33.1. The minimum Gasteiger partial charge on any atom is -0.475 e. The molecule has 0 atom stereocenters. The third kappa shape index (κ3) is 3.59. The van der Waals surface area contributed by atoms with Gasteiger partial charge in [0.1, 0.15) is 5.76 Å². The number of carbonyl (C=O) groups excluding carboxylic acids is 1. The molecule has 0 saturated carbocycles. The highest BCUT2D eigenvalue weighted by atomic mass is 16.6. The second-order valence-electron chi connectivity index (χ2n) is 5.30. The molecule has 26 heavy (non-hydrogen) atoms. The average molecular weight is 352 g/mol. The third-order valence-electron chi connectivity index (χ3n) is 3.58. The Morgan fingerprint density at radius 3 is 2.15 bits per heavy atom. The van der Waals surface area contributed by atoms with Crippen LogP contribution in [0, 0.1) is 10.1 Å². The SMILES string of the molecule is O=C(Nc1ccc(-c2ccc(C(=O)O)o2)cc1)c1ccc([N+](=O)[O-])cc1. The Morgan fingerprint density at radius 1 is 0.962 bits per heavy atom. The lowest BCUT2D eigenvalue weighted by Crippen LogP contribution is -2.11. The zero-order chi connectivity index (χ0) is 18.7. The van der Waals surface area contributed by atoms with Gasteiger partial charge >= 0.3 is 5.97 Å². The number of carbonyl (C=O) groups is 2. The summed E-state index contributed by atoms with van der Waals surface area (Å²) in [6.45, 7) is 0. The number of carboxylic acids is 1. The van der Waals surface area contributed by atoms with Crippen molar-refractivity contribution in [1.29, 1.82) is 0 Å². The van der Waals surface area contributed by atoms with Crippen molar-refractivity contribution in [2.75, 3.05) is 5.32 Å². The van der Waals surface area contributed by atoms with Gasteiger partial charge in [-0.05, 0) is 48.5 Å². The summed E-state index contributed by atoms with van der Waals surface area (Å²) in [6.07, 6.45) is 0. The fraction of sp³-hybridized carbons (Fsp3) is 0. The van der Waals surface area contributed by atoms with Gasteiger partial charge in [-0.2, -0.15) is 0 Å². The topological polar surface area (TPSA) is 123 Å². The minimum atomic E-state index is -1.15. The number of hydrogen-bond acceptors (Lipinski definition) is 5. The molecule has 1 aromatic heterocycles. The van der Waals surface area contributed by atoms with Crippen LogP contribution in [0.1, 0.15) is 20.9 Å². The number of aromatic carboxylic acids is 1. The number of amides is 1. The van der Waals surface area contributed by atoms with Gasteiger partial charge in [0.25, 0.3) is 11.6 Å². The molecule has 130 valence electrons. The molecule has 0 aliphatic carbocycles. The molecule has 3 rings (SSSR count). The summed E-state index contributed by atoms with van der Waals surface area (Å²) >= 11 is 0. The van der Waals surface area contributed by atoms with Gasteiger partial charge in [-0.1, -0.05) is 0 Å². The number of carboxylic acid groups (broad SMARTS) is 1. The second kappa shape index (κ2) is 6.89. The molecule has 0 aliphatic heterocycles. The Kier molecular flexibility index (Phi) is 4.48. The first kappa shape index (κ1) is 16.9. The first-order valence-electron chi connectivity index (χ1n) is 7.43. The lowest BCUT2D eigenvalue weighted by Gasteiger charge is -2.06. The molecule has 8 heteroatoms. The molecule has 0 fully saturated rings. The van der Waals surface area contributed by atoms with Crippen molar-refractivity contribution in [2.24, 2.45) is 0 Å². The highest BCUT2D eigenvalue weighted by Gasteiger charge is 2.12. The first-order chi connectivity index (χ1) is 12.4. The number of nitrogens with one attached hydrogen (secondary N) is 1. The highest BCUT2D eigenvalue weighted by molar-refractivity contribution is 6.04. The Labute approximate surface area is 146 Å². The molecule has 0 saturated heterocycles. The lowest BCUT2D eigenvalue weighted by molar-refractivity contribution is -0.384. The number of anilines is 1. The zero-order valence-electron chi connectivity index (χ0n) is 13.2. The van der Waals surface area contributed by atoms with Crippen molar-refractivity contribution in [3.05, 3.63) is 82.1 Å². The summed E-state index contributed by atoms with van der Waals surface area (Å²) in [5.74, 6) is -1.31. The minimum absolute atomic E-state index is 0.0925. The summed E-state index contributed by atoms with van der Waals surface area (Å²) in [5.41, 5.74) is 1.37. The van der Waals surface area contributed by atoms with E-state index in [0.29, 0.717) is 17.0 Å². The Bertz CT molecular complexity index is 974. The largest absolute Gasteiger partial charge is 0.475 e. The molecular formula is C18H12N2O6. The molecule has 3 aromatic rings. The molecule has 1 amide bonds. The predicted molar refractivity (Wildman–Crippen MR) is 92.2 cm³/mol. The summed E-state index contributed by atoms with van der Waals surface area (Å²) in [6, 6.07) is 14.8. The number of furan rings is 1. The van der Waals surface area contributed by atoms with E-state index in [4.69, 9.17) is 9.52 Å². The van der Waals surface area contributed by atoms with Crippen molar-refractivity contribution in [3.8, 4) is 11.3 Å². The van der Waals surface area contributed by atoms with Crippen molar-refractivity contribution in [3.63, 3.8) is 0 Å². The van der Waals surface area contributed by atoms with Crippen LogP contribution in [0.15, 0.2) is 65.1 Å². The van der Waals surface area contributed by atoms with Crippen LogP contribution in [0.3, 0.4) is 0 Å². The van der Waals surface area contributed by atoms with Gasteiger partial charge in [0.05, 0.1) is 4.92 Å². The molecule has 0 bridgehead atoms. The molecule has 1 heterocycles. The van der Waals surface area contributed by atoms with Gasteiger partial charge < -0.3 is 14.8 Å². The predicted octanol–water partition coefficient (Wildman–Crippen LogP) is 3.81. The van der Waals surface area contributed by atoms with Gasteiger partial charge in [0.15, 0.2) is 0 Å². The normalized spacial score (nSPS) is 10.3. The summed E-state index contributed by atoms with van der Waals surface area (Å²) < 4.78 is 5.21. The van der Waals surface area contributed by atoms with E-state index in [0.717, 1.165) is 0 Å². The number of benzene rings is 2. The van der Waals surface area contributed by atoms with Crippen molar-refractivity contribution in [2.45, 2.75) is 0 Å². The quantitative estimate of drug-likeness (QED) is 0.532. The van der Waals surface area contributed by atoms with Crippen LogP contribution in [-0.4, -0.2) is 21.9 Å². The maximum absolute atomic E-state index is 12.2. The van der Waals surface area contributed by atoms with Crippen LogP contribution >= 0.6 is 0 Å². The van der Waals surface area contributed by atoms with E-state index in [1.807, 2.05) is 0 Å². The van der Waals surface area contributed by atoms with Crippen LogP contribution in [0.5, 0.6) is 0 Å². The van der Waals surface area contributed by atoms with Crippen LogP contribution in [0.25, 0.3) is 11.3 Å². The van der Waals surface area contributed by atoms with Gasteiger partial charge in [0, 0.05) is 28.9 Å². The lowest BCUT2D eigenvalue weighted by atomic mass is 10.1. The summed E-state index contributed by atoms with van der Waals surface area (Å²) in [5, 5.41) is 22.2. The van der Waals surface area contributed by atoms with Gasteiger partial charge in [-0.25, -0.2) is 4.79 Å². The number of nitro benzene ring substituents is 1. The number of nitro groups is 1. The van der Waals surface area contributed by atoms with Gasteiger partial charge in [-0.15, -0.1) is 0 Å². The number of non-ortho nitro benzene ring substituents is 1. The number of rotatable bonds is 5. The maximum atomic E-state index is 12.2. The van der Waals surface area contributed by atoms with E-state index >= 15 is 0 Å². The third-order valence-corrected chi connectivity index (χ3v) is 3.58. The van der Waals surface area contributed by atoms with E-state index in [1.165, 1.54) is 30.3 Å². The van der Waals surface area contributed by atoms with Crippen LogP contribution in [0.4, 0.5) is 11.4 Å². The molecular weight excluding hydrogens is 340 g/mol. The van der Waals surface area contributed by atoms with Gasteiger partial charge in [0.2, 0.25) is 5.76 Å². The monoisotopic (exact) mass is 352 g/mol. The highest BCUT2D eigenvalue weighted by Crippen LogP contribution is 2.24. The Morgan fingerprint density at radius 2 is 1.62 bits per heavy atom. The van der Waals surface area contributed by atoms with Crippen molar-refractivity contribution >= 4 is 23.3 Å². The Hall–Kier alpha value is -3.94. The van der Waals surface area contributed by atoms with E-state index in [9.17, 15) is 19.7 Å². The maximum Gasteiger partial charge on any atom is 0.371 e. The van der Waals surface area contributed by atoms with Gasteiger partial charge in [-0.3, -0.25) is 14.9 Å². The molecule has 0 spiro atoms. The fourth-order valence-electron chi connectivity index (χ4n) is 2.26. The molecule has 8 nitrogen and oxygen atoms in total. The summed E-state index contributed by atoms with van der Waals surface area (Å²) in [7, 11) is 0. The van der Waals surface area contributed by atoms with E-state index in [-0.39, 0.29) is 17.0 Å².